The van der Waals surface area contributed by atoms with Gasteiger partial charge in [0.2, 0.25) is 5.88 Å². The van der Waals surface area contributed by atoms with Gasteiger partial charge in [0.05, 0.1) is 31.2 Å². The van der Waals surface area contributed by atoms with Gasteiger partial charge in [0.1, 0.15) is 6.10 Å². The average molecular weight is 357 g/mol. The van der Waals surface area contributed by atoms with Crippen LogP contribution in [0.15, 0.2) is 24.8 Å². The molecular formula is C19H23N3O4. The van der Waals surface area contributed by atoms with E-state index in [0.29, 0.717) is 25.5 Å². The van der Waals surface area contributed by atoms with Crippen LogP contribution in [-0.2, 0) is 4.74 Å². The van der Waals surface area contributed by atoms with Crippen LogP contribution in [0.1, 0.15) is 25.8 Å². The number of carbonyl (C=O) groups excluding carboxylic acids is 1. The molecule has 2 atom stereocenters. The first kappa shape index (κ1) is 18.0. The van der Waals surface area contributed by atoms with Crippen LogP contribution in [0.2, 0.25) is 0 Å². The van der Waals surface area contributed by atoms with Crippen molar-refractivity contribution < 1.29 is 19.0 Å². The van der Waals surface area contributed by atoms with E-state index in [-0.39, 0.29) is 24.2 Å². The minimum atomic E-state index is -0.347. The summed E-state index contributed by atoms with van der Waals surface area (Å²) in [6.45, 7) is 8.56. The maximum Gasteiger partial charge on any atom is 0.409 e. The fraction of sp³-hybridized carbons (Fsp3) is 0.421. The van der Waals surface area contributed by atoms with E-state index in [1.807, 2.05) is 32.0 Å². The number of fused-ring (bicyclic) bond motifs is 1. The SMILES string of the molecule is C=Cc1ccc2nc(OCC)nc(O[C@@H]3C[C@@H](C)N(C(=O)OC)C3)c2c1. The van der Waals surface area contributed by atoms with E-state index in [1.54, 1.807) is 11.0 Å². The van der Waals surface area contributed by atoms with E-state index in [4.69, 9.17) is 14.2 Å². The number of nitrogens with zero attached hydrogens (tertiary/aromatic N) is 3. The molecule has 7 heteroatoms. The summed E-state index contributed by atoms with van der Waals surface area (Å²) in [6.07, 6.45) is 1.94. The van der Waals surface area contributed by atoms with E-state index in [2.05, 4.69) is 16.5 Å². The third-order valence-corrected chi connectivity index (χ3v) is 4.40. The molecule has 1 aromatic heterocycles. The van der Waals surface area contributed by atoms with Crippen LogP contribution in [0, 0.1) is 0 Å². The molecule has 1 aromatic carbocycles. The highest BCUT2D eigenvalue weighted by Crippen LogP contribution is 2.30. The van der Waals surface area contributed by atoms with E-state index < -0.39 is 0 Å². The number of hydrogen-bond donors (Lipinski definition) is 0. The minimum absolute atomic E-state index is 0.0376. The second-order valence-electron chi connectivity index (χ2n) is 6.17. The fourth-order valence-electron chi connectivity index (χ4n) is 3.10. The predicted molar refractivity (Wildman–Crippen MR) is 98.4 cm³/mol. The van der Waals surface area contributed by atoms with Crippen LogP contribution in [0.25, 0.3) is 17.0 Å². The lowest BCUT2D eigenvalue weighted by Gasteiger charge is -2.19. The number of methoxy groups -OCH3 is 1. The number of carbonyl (C=O) groups is 1. The summed E-state index contributed by atoms with van der Waals surface area (Å²) in [7, 11) is 1.38. The topological polar surface area (TPSA) is 73.8 Å². The molecule has 26 heavy (non-hydrogen) atoms. The summed E-state index contributed by atoms with van der Waals surface area (Å²) in [5, 5.41) is 0.787. The quantitative estimate of drug-likeness (QED) is 0.818. The molecule has 0 N–H and O–H groups in total. The molecule has 0 aliphatic carbocycles. The molecule has 0 bridgehead atoms. The van der Waals surface area contributed by atoms with Gasteiger partial charge in [-0.2, -0.15) is 9.97 Å². The molecule has 2 heterocycles. The lowest BCUT2D eigenvalue weighted by Crippen LogP contribution is -2.34. The Morgan fingerprint density at radius 2 is 2.23 bits per heavy atom. The maximum absolute atomic E-state index is 11.8. The largest absolute Gasteiger partial charge is 0.472 e. The molecule has 1 aliphatic rings. The van der Waals surface area contributed by atoms with Gasteiger partial charge in [-0.25, -0.2) is 4.79 Å². The van der Waals surface area contributed by atoms with Gasteiger partial charge >= 0.3 is 12.1 Å². The molecule has 2 aromatic rings. The highest BCUT2D eigenvalue weighted by molar-refractivity contribution is 5.86. The van der Waals surface area contributed by atoms with Gasteiger partial charge in [-0.3, -0.25) is 0 Å². The van der Waals surface area contributed by atoms with Crippen molar-refractivity contribution in [1.82, 2.24) is 14.9 Å². The van der Waals surface area contributed by atoms with Gasteiger partial charge < -0.3 is 19.1 Å². The van der Waals surface area contributed by atoms with Gasteiger partial charge in [0.15, 0.2) is 0 Å². The first-order valence-corrected chi connectivity index (χ1v) is 8.64. The van der Waals surface area contributed by atoms with Crippen LogP contribution >= 0.6 is 0 Å². The van der Waals surface area contributed by atoms with E-state index in [0.717, 1.165) is 16.5 Å². The van der Waals surface area contributed by atoms with Gasteiger partial charge in [0, 0.05) is 12.5 Å². The summed E-state index contributed by atoms with van der Waals surface area (Å²) in [5.41, 5.74) is 1.69. The van der Waals surface area contributed by atoms with Crippen molar-refractivity contribution in [1.29, 1.82) is 0 Å². The fourth-order valence-corrected chi connectivity index (χ4v) is 3.10. The van der Waals surface area contributed by atoms with Gasteiger partial charge in [-0.1, -0.05) is 18.7 Å². The number of rotatable bonds is 5. The number of likely N-dealkylation sites (tertiary alicyclic amines) is 1. The Bertz CT molecular complexity index is 824. The molecule has 1 aliphatic heterocycles. The van der Waals surface area contributed by atoms with E-state index in [9.17, 15) is 4.79 Å². The molecule has 0 unspecified atom stereocenters. The standard InChI is InChI=1S/C19H23N3O4/c1-5-13-7-8-16-15(10-13)17(21-18(20-16)25-6-2)26-14-9-12(3)22(11-14)19(23)24-4/h5,7-8,10,12,14H,1,6,9,11H2,2-4H3/t12-,14-/m1/s1. The molecule has 0 spiro atoms. The monoisotopic (exact) mass is 357 g/mol. The van der Waals surface area contributed by atoms with Crippen molar-refractivity contribution >= 4 is 23.1 Å². The summed E-state index contributed by atoms with van der Waals surface area (Å²) in [6, 6.07) is 6.07. The van der Waals surface area contributed by atoms with Gasteiger partial charge in [-0.05, 0) is 31.5 Å². The Balaban J connectivity index is 1.92. The molecule has 0 saturated carbocycles. The first-order valence-electron chi connectivity index (χ1n) is 8.64. The Morgan fingerprint density at radius 3 is 2.92 bits per heavy atom. The molecule has 3 rings (SSSR count). The predicted octanol–water partition coefficient (Wildman–Crippen LogP) is 3.28. The van der Waals surface area contributed by atoms with Crippen LogP contribution < -0.4 is 9.47 Å². The van der Waals surface area contributed by atoms with Crippen LogP contribution in [0.5, 0.6) is 11.9 Å². The van der Waals surface area contributed by atoms with Crippen molar-refractivity contribution in [2.45, 2.75) is 32.4 Å². The first-order chi connectivity index (χ1) is 12.5. The zero-order valence-electron chi connectivity index (χ0n) is 15.3. The second kappa shape index (κ2) is 7.59. The summed E-state index contributed by atoms with van der Waals surface area (Å²) < 4.78 is 16.5. The maximum atomic E-state index is 11.8. The lowest BCUT2D eigenvalue weighted by molar-refractivity contribution is 0.116. The van der Waals surface area contributed by atoms with Crippen molar-refractivity contribution in [2.24, 2.45) is 0 Å². The Labute approximate surface area is 152 Å². The minimum Gasteiger partial charge on any atom is -0.472 e. The van der Waals surface area contributed by atoms with Crippen molar-refractivity contribution in [2.75, 3.05) is 20.3 Å². The Hall–Kier alpha value is -2.83. The number of ether oxygens (including phenoxy) is 3. The molecule has 1 amide bonds. The van der Waals surface area contributed by atoms with Crippen molar-refractivity contribution in [3.8, 4) is 11.9 Å². The highest BCUT2D eigenvalue weighted by atomic mass is 16.5. The molecule has 138 valence electrons. The molecule has 0 radical (unpaired) electrons. The summed E-state index contributed by atoms with van der Waals surface area (Å²) >= 11 is 0. The highest BCUT2D eigenvalue weighted by Gasteiger charge is 2.35. The van der Waals surface area contributed by atoms with Crippen LogP contribution in [0.3, 0.4) is 0 Å². The smallest absolute Gasteiger partial charge is 0.409 e. The Kier molecular flexibility index (Phi) is 5.25. The number of benzene rings is 1. The third kappa shape index (κ3) is 3.56. The summed E-state index contributed by atoms with van der Waals surface area (Å²) in [5.74, 6) is 0.450. The molecule has 1 saturated heterocycles. The molecule has 7 nitrogen and oxygen atoms in total. The van der Waals surface area contributed by atoms with E-state index in [1.165, 1.54) is 7.11 Å². The molecule has 1 fully saturated rings. The van der Waals surface area contributed by atoms with Crippen molar-refractivity contribution in [3.63, 3.8) is 0 Å². The second-order valence-corrected chi connectivity index (χ2v) is 6.17. The Morgan fingerprint density at radius 1 is 1.42 bits per heavy atom. The number of amides is 1. The number of aromatic nitrogens is 2. The van der Waals surface area contributed by atoms with Crippen molar-refractivity contribution in [3.05, 3.63) is 30.3 Å². The lowest BCUT2D eigenvalue weighted by atomic mass is 10.1. The normalized spacial score (nSPS) is 19.4. The summed E-state index contributed by atoms with van der Waals surface area (Å²) in [4.78, 5) is 22.3. The van der Waals surface area contributed by atoms with Gasteiger partial charge in [-0.15, -0.1) is 0 Å². The average Bonchev–Trinajstić information content (AvgIpc) is 3.01. The zero-order valence-corrected chi connectivity index (χ0v) is 15.3. The van der Waals surface area contributed by atoms with E-state index >= 15 is 0 Å². The zero-order chi connectivity index (χ0) is 18.7. The third-order valence-electron chi connectivity index (χ3n) is 4.40. The van der Waals surface area contributed by atoms with Crippen LogP contribution in [0.4, 0.5) is 4.79 Å². The van der Waals surface area contributed by atoms with Gasteiger partial charge in [0.25, 0.3) is 0 Å². The van der Waals surface area contributed by atoms with Crippen LogP contribution in [-0.4, -0.2) is 53.4 Å². The molecular weight excluding hydrogens is 334 g/mol. The number of hydrogen-bond acceptors (Lipinski definition) is 6.